The SMILES string of the molecule is CC1C=CC(N)=NC1c1ccccc1. The highest BCUT2D eigenvalue weighted by atomic mass is 14.9. The molecule has 14 heavy (non-hydrogen) atoms. The molecule has 1 aromatic rings. The quantitative estimate of drug-likeness (QED) is 0.718. The molecule has 2 rings (SSSR count). The number of dihydropyridines is 1. The maximum atomic E-state index is 5.69. The van der Waals surface area contributed by atoms with Gasteiger partial charge in [-0.1, -0.05) is 43.3 Å². The summed E-state index contributed by atoms with van der Waals surface area (Å²) in [5.41, 5.74) is 6.92. The molecule has 2 N–H and O–H groups in total. The molecule has 1 heterocycles. The smallest absolute Gasteiger partial charge is 0.118 e. The van der Waals surface area contributed by atoms with E-state index in [1.165, 1.54) is 5.56 Å². The zero-order valence-electron chi connectivity index (χ0n) is 8.22. The van der Waals surface area contributed by atoms with E-state index in [0.29, 0.717) is 11.8 Å². The molecule has 0 saturated heterocycles. The van der Waals surface area contributed by atoms with E-state index >= 15 is 0 Å². The van der Waals surface area contributed by atoms with E-state index in [9.17, 15) is 0 Å². The standard InChI is InChI=1S/C12H14N2/c1-9-7-8-11(13)14-12(9)10-5-3-2-4-6-10/h2-9,12H,1H3,(H2,13,14). The first kappa shape index (κ1) is 9.00. The highest BCUT2D eigenvalue weighted by Crippen LogP contribution is 2.28. The molecule has 1 aromatic carbocycles. The summed E-state index contributed by atoms with van der Waals surface area (Å²) in [5.74, 6) is 1.04. The van der Waals surface area contributed by atoms with E-state index < -0.39 is 0 Å². The highest BCUT2D eigenvalue weighted by Gasteiger charge is 2.18. The molecule has 2 nitrogen and oxygen atoms in total. The summed E-state index contributed by atoms with van der Waals surface area (Å²) in [6.45, 7) is 2.16. The topological polar surface area (TPSA) is 38.4 Å². The van der Waals surface area contributed by atoms with Crippen molar-refractivity contribution >= 4 is 5.84 Å². The summed E-state index contributed by atoms with van der Waals surface area (Å²) in [5, 5.41) is 0. The minimum Gasteiger partial charge on any atom is -0.384 e. The third-order valence-corrected chi connectivity index (χ3v) is 2.50. The Bertz CT molecular complexity index is 365. The van der Waals surface area contributed by atoms with Crippen molar-refractivity contribution in [1.82, 2.24) is 0 Å². The fraction of sp³-hybridized carbons (Fsp3) is 0.250. The number of amidine groups is 1. The van der Waals surface area contributed by atoms with Gasteiger partial charge in [0.25, 0.3) is 0 Å². The second-order valence-electron chi connectivity index (χ2n) is 3.63. The van der Waals surface area contributed by atoms with Crippen LogP contribution in [-0.2, 0) is 0 Å². The second kappa shape index (κ2) is 3.66. The molecular weight excluding hydrogens is 172 g/mol. The molecule has 2 atom stereocenters. The average Bonchev–Trinajstić information content (AvgIpc) is 2.23. The van der Waals surface area contributed by atoms with Gasteiger partial charge in [-0.05, 0) is 11.6 Å². The lowest BCUT2D eigenvalue weighted by Gasteiger charge is -2.21. The van der Waals surface area contributed by atoms with Gasteiger partial charge in [-0.15, -0.1) is 0 Å². The summed E-state index contributed by atoms with van der Waals surface area (Å²) in [6.07, 6.45) is 3.99. The first-order valence-corrected chi connectivity index (χ1v) is 4.84. The number of benzene rings is 1. The molecule has 0 bridgehead atoms. The Kier molecular flexibility index (Phi) is 2.35. The summed E-state index contributed by atoms with van der Waals surface area (Å²) in [6, 6.07) is 10.5. The Balaban J connectivity index is 2.31. The lowest BCUT2D eigenvalue weighted by Crippen LogP contribution is -2.18. The Morgan fingerprint density at radius 1 is 1.21 bits per heavy atom. The van der Waals surface area contributed by atoms with Crippen LogP contribution in [0.4, 0.5) is 0 Å². The summed E-state index contributed by atoms with van der Waals surface area (Å²) >= 11 is 0. The first-order valence-electron chi connectivity index (χ1n) is 4.84. The Morgan fingerprint density at radius 3 is 2.64 bits per heavy atom. The predicted molar refractivity (Wildman–Crippen MR) is 59.1 cm³/mol. The van der Waals surface area contributed by atoms with Crippen molar-refractivity contribution < 1.29 is 0 Å². The van der Waals surface area contributed by atoms with E-state index in [1.807, 2.05) is 24.3 Å². The first-order chi connectivity index (χ1) is 6.77. The summed E-state index contributed by atoms with van der Waals surface area (Å²) in [4.78, 5) is 4.44. The van der Waals surface area contributed by atoms with Gasteiger partial charge in [0, 0.05) is 5.92 Å². The van der Waals surface area contributed by atoms with Crippen LogP contribution in [0.2, 0.25) is 0 Å². The molecule has 0 aromatic heterocycles. The summed E-state index contributed by atoms with van der Waals surface area (Å²) in [7, 11) is 0. The predicted octanol–water partition coefficient (Wildman–Crippen LogP) is 2.29. The number of hydrogen-bond donors (Lipinski definition) is 1. The molecule has 2 heteroatoms. The third-order valence-electron chi connectivity index (χ3n) is 2.50. The van der Waals surface area contributed by atoms with Gasteiger partial charge in [-0.3, -0.25) is 4.99 Å². The molecule has 0 fully saturated rings. The number of aliphatic imine (C=N–C) groups is 1. The summed E-state index contributed by atoms with van der Waals surface area (Å²) < 4.78 is 0. The van der Waals surface area contributed by atoms with E-state index in [-0.39, 0.29) is 6.04 Å². The number of nitrogens with zero attached hydrogens (tertiary/aromatic N) is 1. The van der Waals surface area contributed by atoms with Crippen molar-refractivity contribution in [2.24, 2.45) is 16.6 Å². The van der Waals surface area contributed by atoms with Crippen molar-refractivity contribution in [3.8, 4) is 0 Å². The van der Waals surface area contributed by atoms with Gasteiger partial charge in [0.2, 0.25) is 0 Å². The minimum absolute atomic E-state index is 0.182. The van der Waals surface area contributed by atoms with Crippen LogP contribution >= 0.6 is 0 Å². The Hall–Kier alpha value is -1.57. The molecule has 1 aliphatic heterocycles. The highest BCUT2D eigenvalue weighted by molar-refractivity contribution is 5.92. The van der Waals surface area contributed by atoms with E-state index in [4.69, 9.17) is 5.73 Å². The largest absolute Gasteiger partial charge is 0.384 e. The third kappa shape index (κ3) is 1.69. The van der Waals surface area contributed by atoms with Crippen molar-refractivity contribution in [2.75, 3.05) is 0 Å². The van der Waals surface area contributed by atoms with Crippen LogP contribution in [0, 0.1) is 5.92 Å². The van der Waals surface area contributed by atoms with Gasteiger partial charge in [-0.25, -0.2) is 0 Å². The zero-order chi connectivity index (χ0) is 9.97. The van der Waals surface area contributed by atoms with Crippen LogP contribution in [0.3, 0.4) is 0 Å². The average molecular weight is 186 g/mol. The Labute approximate surface area is 84.2 Å². The fourth-order valence-corrected chi connectivity index (χ4v) is 1.71. The molecule has 72 valence electrons. The second-order valence-corrected chi connectivity index (χ2v) is 3.63. The van der Waals surface area contributed by atoms with E-state index in [2.05, 4.69) is 30.1 Å². The van der Waals surface area contributed by atoms with Crippen LogP contribution in [0.25, 0.3) is 0 Å². The maximum absolute atomic E-state index is 5.69. The molecule has 0 radical (unpaired) electrons. The molecule has 1 aliphatic rings. The lowest BCUT2D eigenvalue weighted by molar-refractivity contribution is 0.563. The zero-order valence-corrected chi connectivity index (χ0v) is 8.22. The molecule has 0 aliphatic carbocycles. The number of hydrogen-bond acceptors (Lipinski definition) is 2. The van der Waals surface area contributed by atoms with Crippen LogP contribution in [0.5, 0.6) is 0 Å². The van der Waals surface area contributed by atoms with Crippen LogP contribution in [0.15, 0.2) is 47.5 Å². The molecule has 2 unspecified atom stereocenters. The molecule has 0 saturated carbocycles. The molecule has 0 amide bonds. The van der Waals surface area contributed by atoms with Crippen LogP contribution in [-0.4, -0.2) is 5.84 Å². The Morgan fingerprint density at radius 2 is 1.93 bits per heavy atom. The normalized spacial score (nSPS) is 25.9. The van der Waals surface area contributed by atoms with E-state index in [1.54, 1.807) is 0 Å². The van der Waals surface area contributed by atoms with Gasteiger partial charge < -0.3 is 5.73 Å². The number of rotatable bonds is 1. The molecule has 0 spiro atoms. The monoisotopic (exact) mass is 186 g/mol. The van der Waals surface area contributed by atoms with Gasteiger partial charge in [0.15, 0.2) is 0 Å². The van der Waals surface area contributed by atoms with Crippen molar-refractivity contribution in [2.45, 2.75) is 13.0 Å². The van der Waals surface area contributed by atoms with Crippen molar-refractivity contribution in [3.63, 3.8) is 0 Å². The van der Waals surface area contributed by atoms with Gasteiger partial charge in [0.05, 0.1) is 6.04 Å². The molecular formula is C12H14N2. The lowest BCUT2D eigenvalue weighted by atomic mass is 9.93. The minimum atomic E-state index is 0.182. The van der Waals surface area contributed by atoms with Gasteiger partial charge in [0.1, 0.15) is 5.84 Å². The van der Waals surface area contributed by atoms with Gasteiger partial charge >= 0.3 is 0 Å². The van der Waals surface area contributed by atoms with Crippen LogP contribution in [0.1, 0.15) is 18.5 Å². The van der Waals surface area contributed by atoms with Crippen molar-refractivity contribution in [3.05, 3.63) is 48.0 Å². The van der Waals surface area contributed by atoms with Crippen LogP contribution < -0.4 is 5.73 Å². The van der Waals surface area contributed by atoms with Crippen molar-refractivity contribution in [1.29, 1.82) is 0 Å². The van der Waals surface area contributed by atoms with E-state index in [0.717, 1.165) is 0 Å². The fourth-order valence-electron chi connectivity index (χ4n) is 1.71. The van der Waals surface area contributed by atoms with Gasteiger partial charge in [-0.2, -0.15) is 0 Å². The maximum Gasteiger partial charge on any atom is 0.118 e. The number of nitrogens with two attached hydrogens (primary N) is 1.